The number of thiazole rings is 1. The minimum absolute atomic E-state index is 0.0534. The lowest BCUT2D eigenvalue weighted by molar-refractivity contribution is 0.190. The van der Waals surface area contributed by atoms with Gasteiger partial charge >= 0.3 is 6.03 Å². The van der Waals surface area contributed by atoms with Crippen LogP contribution in [-0.4, -0.2) is 33.4 Å². The highest BCUT2D eigenvalue weighted by atomic mass is 32.1. The molecule has 0 atom stereocenters. The first kappa shape index (κ1) is 21.2. The van der Waals surface area contributed by atoms with Crippen LogP contribution in [0.3, 0.4) is 0 Å². The van der Waals surface area contributed by atoms with Gasteiger partial charge in [-0.1, -0.05) is 43.2 Å². The van der Waals surface area contributed by atoms with Gasteiger partial charge in [-0.05, 0) is 25.5 Å². The van der Waals surface area contributed by atoms with E-state index in [1.807, 2.05) is 17.0 Å². The number of amides is 2. The third-order valence-corrected chi connectivity index (χ3v) is 6.18. The van der Waals surface area contributed by atoms with Crippen molar-refractivity contribution >= 4 is 22.3 Å². The van der Waals surface area contributed by atoms with Gasteiger partial charge in [-0.3, -0.25) is 4.40 Å². The topological polar surface area (TPSA) is 62.8 Å². The minimum atomic E-state index is -0.0534. The summed E-state index contributed by atoms with van der Waals surface area (Å²) in [4.78, 5) is 20.3. The highest BCUT2D eigenvalue weighted by Gasteiger charge is 2.17. The molecule has 0 unspecified atom stereocenters. The van der Waals surface area contributed by atoms with E-state index in [0.29, 0.717) is 19.6 Å². The van der Waals surface area contributed by atoms with E-state index in [1.165, 1.54) is 5.56 Å². The third kappa shape index (κ3) is 5.17. The highest BCUT2D eigenvalue weighted by molar-refractivity contribution is 7.15. The maximum atomic E-state index is 12.7. The molecule has 6 nitrogen and oxygen atoms in total. The van der Waals surface area contributed by atoms with E-state index >= 15 is 0 Å². The van der Waals surface area contributed by atoms with E-state index in [4.69, 9.17) is 9.40 Å². The van der Waals surface area contributed by atoms with Gasteiger partial charge in [0.25, 0.3) is 0 Å². The number of carbonyl (C=O) groups excluding carboxylic acids is 1. The van der Waals surface area contributed by atoms with E-state index < -0.39 is 0 Å². The number of nitrogens with one attached hydrogen (secondary N) is 1. The molecule has 162 valence electrons. The Hall–Kier alpha value is -3.06. The largest absolute Gasteiger partial charge is 0.467 e. The standard InChI is InChI=1S/C24H28N4O2S/c1-3-4-12-25-23(29)27(15-21-6-5-14-30-21)13-11-20-17-31-24-26-22(16-28(20)24)19-9-7-18(2)8-10-19/h5-10,14,16-17H,3-4,11-13,15H2,1-2H3,(H,25,29). The molecule has 0 fully saturated rings. The molecule has 0 aliphatic rings. The lowest BCUT2D eigenvalue weighted by atomic mass is 10.1. The number of benzene rings is 1. The molecule has 3 aromatic heterocycles. The summed E-state index contributed by atoms with van der Waals surface area (Å²) in [6, 6.07) is 12.1. The first-order chi connectivity index (χ1) is 15.1. The molecule has 1 aromatic carbocycles. The Kier molecular flexibility index (Phi) is 6.72. The summed E-state index contributed by atoms with van der Waals surface area (Å²) in [6.45, 7) is 5.94. The number of hydrogen-bond acceptors (Lipinski definition) is 4. The van der Waals surface area contributed by atoms with Crippen molar-refractivity contribution in [2.24, 2.45) is 0 Å². The average molecular weight is 437 g/mol. The number of carbonyl (C=O) groups is 1. The summed E-state index contributed by atoms with van der Waals surface area (Å²) in [7, 11) is 0. The Balaban J connectivity index is 1.48. The van der Waals surface area contributed by atoms with Crippen LogP contribution in [0, 0.1) is 6.92 Å². The fourth-order valence-electron chi connectivity index (χ4n) is 3.45. The third-order valence-electron chi connectivity index (χ3n) is 5.29. The number of hydrogen-bond donors (Lipinski definition) is 1. The fourth-order valence-corrected chi connectivity index (χ4v) is 4.36. The zero-order valence-electron chi connectivity index (χ0n) is 18.0. The number of aromatic nitrogens is 2. The minimum Gasteiger partial charge on any atom is -0.467 e. The predicted molar refractivity (Wildman–Crippen MR) is 124 cm³/mol. The first-order valence-electron chi connectivity index (χ1n) is 10.7. The van der Waals surface area contributed by atoms with Crippen molar-refractivity contribution in [3.63, 3.8) is 0 Å². The van der Waals surface area contributed by atoms with Gasteiger partial charge in [-0.15, -0.1) is 11.3 Å². The summed E-state index contributed by atoms with van der Waals surface area (Å²) in [6.07, 6.45) is 6.50. The van der Waals surface area contributed by atoms with Crippen LogP contribution in [0.4, 0.5) is 4.79 Å². The summed E-state index contributed by atoms with van der Waals surface area (Å²) in [5.74, 6) is 0.783. The number of rotatable bonds is 9. The molecule has 4 rings (SSSR count). The molecule has 0 saturated carbocycles. The van der Waals surface area contributed by atoms with Gasteiger partial charge in [0.2, 0.25) is 0 Å². The summed E-state index contributed by atoms with van der Waals surface area (Å²) in [5, 5.41) is 5.15. The predicted octanol–water partition coefficient (Wildman–Crippen LogP) is 5.52. The zero-order chi connectivity index (χ0) is 21.6. The lowest BCUT2D eigenvalue weighted by Gasteiger charge is -2.22. The van der Waals surface area contributed by atoms with Crippen LogP contribution in [0.25, 0.3) is 16.2 Å². The van der Waals surface area contributed by atoms with Crippen molar-refractivity contribution in [1.82, 2.24) is 19.6 Å². The second-order valence-corrected chi connectivity index (χ2v) is 8.54. The van der Waals surface area contributed by atoms with E-state index in [9.17, 15) is 4.79 Å². The molecule has 0 radical (unpaired) electrons. The molecule has 0 aliphatic heterocycles. The van der Waals surface area contributed by atoms with Gasteiger partial charge in [0.1, 0.15) is 5.76 Å². The average Bonchev–Trinajstić information content (AvgIpc) is 3.50. The quantitative estimate of drug-likeness (QED) is 0.352. The number of fused-ring (bicyclic) bond motifs is 1. The molecule has 2 amide bonds. The van der Waals surface area contributed by atoms with E-state index in [-0.39, 0.29) is 6.03 Å². The van der Waals surface area contributed by atoms with Crippen molar-refractivity contribution in [3.05, 3.63) is 71.3 Å². The zero-order valence-corrected chi connectivity index (χ0v) is 18.8. The second-order valence-electron chi connectivity index (χ2n) is 7.71. The van der Waals surface area contributed by atoms with Gasteiger partial charge in [0.05, 0.1) is 18.5 Å². The highest BCUT2D eigenvalue weighted by Crippen LogP contribution is 2.24. The smallest absolute Gasteiger partial charge is 0.317 e. The van der Waals surface area contributed by atoms with Gasteiger partial charge in [-0.2, -0.15) is 0 Å². The Morgan fingerprint density at radius 3 is 2.84 bits per heavy atom. The van der Waals surface area contributed by atoms with Crippen LogP contribution in [0.15, 0.2) is 58.7 Å². The number of aryl methyl sites for hydroxylation is 1. The van der Waals surface area contributed by atoms with Crippen LogP contribution in [-0.2, 0) is 13.0 Å². The Bertz CT molecular complexity index is 1110. The van der Waals surface area contributed by atoms with Crippen LogP contribution in [0.2, 0.25) is 0 Å². The fraction of sp³-hybridized carbons (Fsp3) is 0.333. The van der Waals surface area contributed by atoms with Crippen molar-refractivity contribution in [3.8, 4) is 11.3 Å². The molecule has 4 aromatic rings. The summed E-state index contributed by atoms with van der Waals surface area (Å²) < 4.78 is 7.61. The van der Waals surface area contributed by atoms with Crippen LogP contribution >= 0.6 is 11.3 Å². The van der Waals surface area contributed by atoms with Gasteiger partial charge < -0.3 is 14.6 Å². The number of nitrogens with zero attached hydrogens (tertiary/aromatic N) is 3. The van der Waals surface area contributed by atoms with E-state index in [1.54, 1.807) is 17.6 Å². The van der Waals surface area contributed by atoms with E-state index in [0.717, 1.165) is 46.9 Å². The number of furan rings is 1. The van der Waals surface area contributed by atoms with Gasteiger partial charge in [-0.25, -0.2) is 9.78 Å². The molecule has 1 N–H and O–H groups in total. The van der Waals surface area contributed by atoms with Gasteiger partial charge in [0.15, 0.2) is 4.96 Å². The number of urea groups is 1. The van der Waals surface area contributed by atoms with Crippen molar-refractivity contribution in [2.45, 2.75) is 39.7 Å². The second kappa shape index (κ2) is 9.83. The molecule has 0 spiro atoms. The molecular weight excluding hydrogens is 408 g/mol. The SMILES string of the molecule is CCCCNC(=O)N(CCc1csc2nc(-c3ccc(C)cc3)cn12)Cc1ccco1. The molecule has 3 heterocycles. The first-order valence-corrected chi connectivity index (χ1v) is 11.6. The number of unbranched alkanes of at least 4 members (excludes halogenated alkanes) is 1. The maximum Gasteiger partial charge on any atom is 0.317 e. The van der Waals surface area contributed by atoms with E-state index in [2.05, 4.69) is 59.4 Å². The van der Waals surface area contributed by atoms with Gasteiger partial charge in [0, 0.05) is 42.3 Å². The Morgan fingerprint density at radius 2 is 2.10 bits per heavy atom. The summed E-state index contributed by atoms with van der Waals surface area (Å²) >= 11 is 1.63. The van der Waals surface area contributed by atoms with Crippen molar-refractivity contribution < 1.29 is 9.21 Å². The van der Waals surface area contributed by atoms with Crippen molar-refractivity contribution in [1.29, 1.82) is 0 Å². The molecule has 0 bridgehead atoms. The summed E-state index contributed by atoms with van der Waals surface area (Å²) in [5.41, 5.74) is 4.47. The Labute approximate surface area is 186 Å². The number of imidazole rings is 1. The lowest BCUT2D eigenvalue weighted by Crippen LogP contribution is -2.41. The van der Waals surface area contributed by atoms with Crippen LogP contribution in [0.5, 0.6) is 0 Å². The maximum absolute atomic E-state index is 12.7. The normalized spacial score (nSPS) is 11.2. The molecule has 31 heavy (non-hydrogen) atoms. The van der Waals surface area contributed by atoms with Crippen molar-refractivity contribution in [2.75, 3.05) is 13.1 Å². The molecular formula is C24H28N4O2S. The molecule has 7 heteroatoms. The monoisotopic (exact) mass is 436 g/mol. The van der Waals surface area contributed by atoms with Crippen LogP contribution < -0.4 is 5.32 Å². The van der Waals surface area contributed by atoms with Crippen LogP contribution in [0.1, 0.15) is 36.8 Å². The Morgan fingerprint density at radius 1 is 1.26 bits per heavy atom. The molecule has 0 saturated heterocycles. The molecule has 0 aliphatic carbocycles.